The zero-order chi connectivity index (χ0) is 10.6. The van der Waals surface area contributed by atoms with E-state index >= 15 is 0 Å². The number of rotatable bonds is 3. The molecule has 1 rings (SSSR count). The van der Waals surface area contributed by atoms with Crippen molar-refractivity contribution in [1.82, 2.24) is 10.3 Å². The number of amides is 1. The lowest BCUT2D eigenvalue weighted by Crippen LogP contribution is -2.25. The number of carbonyl (C=O) groups excluding carboxylic acids is 1. The first-order valence-electron chi connectivity index (χ1n) is 4.32. The standard InChI is InChI=1S/C9H12FN3O/c1-2-12-9(14)8-7(10)6(5-11)3-4-13-8/h3-4H,2,5,11H2,1H3,(H,12,14). The summed E-state index contributed by atoms with van der Waals surface area (Å²) in [5.74, 6) is -1.15. The Hall–Kier alpha value is -1.49. The maximum atomic E-state index is 13.4. The molecule has 3 N–H and O–H groups in total. The molecule has 4 nitrogen and oxygen atoms in total. The molecule has 0 saturated heterocycles. The van der Waals surface area contributed by atoms with Crippen LogP contribution in [0.4, 0.5) is 4.39 Å². The Balaban J connectivity index is 3.03. The van der Waals surface area contributed by atoms with Crippen LogP contribution < -0.4 is 11.1 Å². The van der Waals surface area contributed by atoms with E-state index in [9.17, 15) is 9.18 Å². The molecular weight excluding hydrogens is 185 g/mol. The van der Waals surface area contributed by atoms with Crippen molar-refractivity contribution in [2.24, 2.45) is 5.73 Å². The molecule has 0 aliphatic heterocycles. The Labute approximate surface area is 81.3 Å². The minimum atomic E-state index is -0.638. The second-order valence-corrected chi connectivity index (χ2v) is 2.70. The summed E-state index contributed by atoms with van der Waals surface area (Å²) in [5, 5.41) is 2.47. The van der Waals surface area contributed by atoms with Crippen LogP contribution in [-0.2, 0) is 6.54 Å². The van der Waals surface area contributed by atoms with Gasteiger partial charge in [-0.25, -0.2) is 9.37 Å². The summed E-state index contributed by atoms with van der Waals surface area (Å²) in [6, 6.07) is 1.46. The average Bonchev–Trinajstić information content (AvgIpc) is 2.18. The highest BCUT2D eigenvalue weighted by atomic mass is 19.1. The van der Waals surface area contributed by atoms with E-state index in [4.69, 9.17) is 5.73 Å². The van der Waals surface area contributed by atoms with E-state index in [0.717, 1.165) is 0 Å². The summed E-state index contributed by atoms with van der Waals surface area (Å²) in [6.07, 6.45) is 1.37. The van der Waals surface area contributed by atoms with Crippen molar-refractivity contribution in [1.29, 1.82) is 0 Å². The molecule has 1 heterocycles. The molecule has 1 amide bonds. The Morgan fingerprint density at radius 3 is 3.00 bits per heavy atom. The average molecular weight is 197 g/mol. The fourth-order valence-corrected chi connectivity index (χ4v) is 1.04. The van der Waals surface area contributed by atoms with E-state index in [0.29, 0.717) is 12.1 Å². The quantitative estimate of drug-likeness (QED) is 0.738. The fraction of sp³-hybridized carbons (Fsp3) is 0.333. The molecule has 0 bridgehead atoms. The van der Waals surface area contributed by atoms with Gasteiger partial charge in [0, 0.05) is 24.8 Å². The van der Waals surface area contributed by atoms with E-state index in [1.807, 2.05) is 0 Å². The van der Waals surface area contributed by atoms with E-state index in [2.05, 4.69) is 10.3 Å². The van der Waals surface area contributed by atoms with Crippen molar-refractivity contribution in [3.63, 3.8) is 0 Å². The third-order valence-corrected chi connectivity index (χ3v) is 1.74. The third-order valence-electron chi connectivity index (χ3n) is 1.74. The summed E-state index contributed by atoms with van der Waals surface area (Å²) < 4.78 is 13.4. The normalized spacial score (nSPS) is 9.93. The number of nitrogens with zero attached hydrogens (tertiary/aromatic N) is 1. The molecule has 0 unspecified atom stereocenters. The van der Waals surface area contributed by atoms with Crippen molar-refractivity contribution < 1.29 is 9.18 Å². The molecule has 1 aromatic heterocycles. The molecule has 76 valence electrons. The number of carbonyl (C=O) groups is 1. The second kappa shape index (κ2) is 4.66. The van der Waals surface area contributed by atoms with Crippen molar-refractivity contribution in [2.75, 3.05) is 6.54 Å². The number of nitrogens with one attached hydrogen (secondary N) is 1. The van der Waals surface area contributed by atoms with Gasteiger partial charge in [0.1, 0.15) is 0 Å². The van der Waals surface area contributed by atoms with Gasteiger partial charge in [0.2, 0.25) is 0 Å². The molecule has 0 saturated carbocycles. The number of halogens is 1. The molecule has 0 aliphatic rings. The highest BCUT2D eigenvalue weighted by Crippen LogP contribution is 2.09. The van der Waals surface area contributed by atoms with Gasteiger partial charge in [-0.1, -0.05) is 0 Å². The van der Waals surface area contributed by atoms with Crippen LogP contribution in [0.5, 0.6) is 0 Å². The summed E-state index contributed by atoms with van der Waals surface area (Å²) in [6.45, 7) is 2.25. The van der Waals surface area contributed by atoms with E-state index in [-0.39, 0.29) is 12.2 Å². The topological polar surface area (TPSA) is 68.0 Å². The Morgan fingerprint density at radius 2 is 2.43 bits per heavy atom. The van der Waals surface area contributed by atoms with Crippen molar-refractivity contribution in [3.05, 3.63) is 29.3 Å². The largest absolute Gasteiger partial charge is 0.351 e. The molecule has 14 heavy (non-hydrogen) atoms. The molecule has 0 radical (unpaired) electrons. The summed E-state index contributed by atoms with van der Waals surface area (Å²) in [4.78, 5) is 14.9. The number of nitrogens with two attached hydrogens (primary N) is 1. The van der Waals surface area contributed by atoms with Crippen LogP contribution in [0.25, 0.3) is 0 Å². The number of hydrogen-bond donors (Lipinski definition) is 2. The Bertz CT molecular complexity index is 341. The van der Waals surface area contributed by atoms with Crippen LogP contribution in [0.2, 0.25) is 0 Å². The van der Waals surface area contributed by atoms with E-state index < -0.39 is 11.7 Å². The monoisotopic (exact) mass is 197 g/mol. The van der Waals surface area contributed by atoms with Crippen molar-refractivity contribution in [3.8, 4) is 0 Å². The molecule has 0 fully saturated rings. The van der Waals surface area contributed by atoms with Gasteiger partial charge in [-0.3, -0.25) is 4.79 Å². The first-order chi connectivity index (χ1) is 6.70. The van der Waals surface area contributed by atoms with Crippen LogP contribution in [0.15, 0.2) is 12.3 Å². The van der Waals surface area contributed by atoms with Gasteiger partial charge in [0.15, 0.2) is 11.5 Å². The Kier molecular flexibility index (Phi) is 3.53. The van der Waals surface area contributed by atoms with Crippen molar-refractivity contribution in [2.45, 2.75) is 13.5 Å². The molecule has 0 aromatic carbocycles. The van der Waals surface area contributed by atoms with Crippen LogP contribution in [-0.4, -0.2) is 17.4 Å². The van der Waals surface area contributed by atoms with Crippen LogP contribution in [0, 0.1) is 5.82 Å². The lowest BCUT2D eigenvalue weighted by Gasteiger charge is -2.05. The van der Waals surface area contributed by atoms with Gasteiger partial charge < -0.3 is 11.1 Å². The Morgan fingerprint density at radius 1 is 1.71 bits per heavy atom. The van der Waals surface area contributed by atoms with Gasteiger partial charge in [-0.15, -0.1) is 0 Å². The molecule has 0 atom stereocenters. The van der Waals surface area contributed by atoms with E-state index in [1.165, 1.54) is 12.3 Å². The zero-order valence-corrected chi connectivity index (χ0v) is 7.88. The second-order valence-electron chi connectivity index (χ2n) is 2.70. The summed E-state index contributed by atoms with van der Waals surface area (Å²) in [5.41, 5.74) is 5.39. The molecule has 1 aromatic rings. The van der Waals surface area contributed by atoms with Crippen LogP contribution in [0.3, 0.4) is 0 Å². The smallest absolute Gasteiger partial charge is 0.272 e. The maximum absolute atomic E-state index is 13.4. The van der Waals surface area contributed by atoms with Gasteiger partial charge >= 0.3 is 0 Å². The van der Waals surface area contributed by atoms with Gasteiger partial charge in [-0.05, 0) is 13.0 Å². The molecule has 0 aliphatic carbocycles. The molecular formula is C9H12FN3O. The zero-order valence-electron chi connectivity index (χ0n) is 7.88. The van der Waals surface area contributed by atoms with Crippen LogP contribution >= 0.6 is 0 Å². The summed E-state index contributed by atoms with van der Waals surface area (Å²) >= 11 is 0. The van der Waals surface area contributed by atoms with Crippen molar-refractivity contribution >= 4 is 5.91 Å². The van der Waals surface area contributed by atoms with Gasteiger partial charge in [0.25, 0.3) is 5.91 Å². The lowest BCUT2D eigenvalue weighted by atomic mass is 10.2. The van der Waals surface area contributed by atoms with Gasteiger partial charge in [-0.2, -0.15) is 0 Å². The molecule has 0 spiro atoms. The predicted octanol–water partition coefficient (Wildman–Crippen LogP) is 0.429. The fourth-order valence-electron chi connectivity index (χ4n) is 1.04. The number of aromatic nitrogens is 1. The number of pyridine rings is 1. The first-order valence-corrected chi connectivity index (χ1v) is 4.32. The van der Waals surface area contributed by atoms with Crippen LogP contribution in [0.1, 0.15) is 23.0 Å². The first kappa shape index (κ1) is 10.6. The molecule has 5 heteroatoms. The van der Waals surface area contributed by atoms with E-state index in [1.54, 1.807) is 6.92 Å². The minimum absolute atomic E-state index is 0.0563. The predicted molar refractivity (Wildman–Crippen MR) is 50.1 cm³/mol. The lowest BCUT2D eigenvalue weighted by molar-refractivity contribution is 0.0946. The minimum Gasteiger partial charge on any atom is -0.351 e. The maximum Gasteiger partial charge on any atom is 0.272 e. The van der Waals surface area contributed by atoms with Gasteiger partial charge in [0.05, 0.1) is 0 Å². The third kappa shape index (κ3) is 2.05. The highest BCUT2D eigenvalue weighted by Gasteiger charge is 2.14. The summed E-state index contributed by atoms with van der Waals surface area (Å²) in [7, 11) is 0. The highest BCUT2D eigenvalue weighted by molar-refractivity contribution is 5.92. The number of hydrogen-bond acceptors (Lipinski definition) is 3. The SMILES string of the molecule is CCNC(=O)c1nccc(CN)c1F.